The summed E-state index contributed by atoms with van der Waals surface area (Å²) in [5, 5.41) is 1.31. The number of allylic oxidation sites excluding steroid dienone is 4. The lowest BCUT2D eigenvalue weighted by Gasteiger charge is -2.33. The van der Waals surface area contributed by atoms with Gasteiger partial charge in [0, 0.05) is 29.7 Å². The van der Waals surface area contributed by atoms with Crippen LogP contribution >= 0.6 is 0 Å². The van der Waals surface area contributed by atoms with Crippen LogP contribution in [0.25, 0.3) is 16.5 Å². The normalized spacial score (nSPS) is 17.4. The Hall–Kier alpha value is -3.02. The first-order valence-electron chi connectivity index (χ1n) is 13.0. The Morgan fingerprint density at radius 2 is 1.94 bits per heavy atom. The molecule has 2 fully saturated rings. The SMILES string of the molecule is CC/C=C(\C=C(C)C)c1[nH]c2ccc(C3CCN(C(=O)CN4CCOC4=O)CC3)cc2c1C(C)C. The second-order valence-corrected chi connectivity index (χ2v) is 10.4. The Morgan fingerprint density at radius 3 is 2.54 bits per heavy atom. The van der Waals surface area contributed by atoms with Crippen LogP contribution in [0.2, 0.25) is 0 Å². The number of fused-ring (bicyclic) bond motifs is 1. The number of rotatable bonds is 7. The Bertz CT molecular complexity index is 1150. The lowest BCUT2D eigenvalue weighted by molar-refractivity contribution is -0.132. The van der Waals surface area contributed by atoms with E-state index in [1.807, 2.05) is 4.90 Å². The predicted octanol–water partition coefficient (Wildman–Crippen LogP) is 6.21. The molecule has 1 aromatic carbocycles. The number of piperidine rings is 1. The van der Waals surface area contributed by atoms with Gasteiger partial charge in [-0.1, -0.05) is 44.6 Å². The molecule has 0 bridgehead atoms. The van der Waals surface area contributed by atoms with Crippen molar-refractivity contribution in [3.8, 4) is 0 Å². The maximum atomic E-state index is 12.7. The monoisotopic (exact) mass is 477 g/mol. The van der Waals surface area contributed by atoms with Crippen molar-refractivity contribution in [3.63, 3.8) is 0 Å². The second kappa shape index (κ2) is 10.7. The number of amides is 2. The van der Waals surface area contributed by atoms with E-state index in [1.54, 1.807) is 0 Å². The van der Waals surface area contributed by atoms with E-state index in [4.69, 9.17) is 4.74 Å². The molecule has 1 aromatic heterocycles. The van der Waals surface area contributed by atoms with Crippen molar-refractivity contribution in [2.75, 3.05) is 32.8 Å². The van der Waals surface area contributed by atoms with Crippen LogP contribution in [0.1, 0.15) is 82.5 Å². The van der Waals surface area contributed by atoms with Crippen LogP contribution in [-0.4, -0.2) is 59.6 Å². The molecule has 2 aliphatic rings. The maximum Gasteiger partial charge on any atom is 0.410 e. The van der Waals surface area contributed by atoms with Crippen LogP contribution < -0.4 is 0 Å². The zero-order valence-electron chi connectivity index (χ0n) is 21.8. The smallest absolute Gasteiger partial charge is 0.410 e. The highest BCUT2D eigenvalue weighted by molar-refractivity contribution is 5.92. The minimum absolute atomic E-state index is 0.0182. The van der Waals surface area contributed by atoms with E-state index >= 15 is 0 Å². The molecule has 2 saturated heterocycles. The summed E-state index contributed by atoms with van der Waals surface area (Å²) in [6.07, 6.45) is 7.07. The fourth-order valence-electron chi connectivity index (χ4n) is 5.37. The van der Waals surface area contributed by atoms with Gasteiger partial charge in [0.25, 0.3) is 0 Å². The number of nitrogens with zero attached hydrogens (tertiary/aromatic N) is 2. The molecule has 0 aliphatic carbocycles. The van der Waals surface area contributed by atoms with Gasteiger partial charge >= 0.3 is 6.09 Å². The number of carbonyl (C=O) groups is 2. The summed E-state index contributed by atoms with van der Waals surface area (Å²) in [5.74, 6) is 0.850. The van der Waals surface area contributed by atoms with Gasteiger partial charge < -0.3 is 14.6 Å². The minimum Gasteiger partial charge on any atom is -0.448 e. The van der Waals surface area contributed by atoms with Crippen LogP contribution in [0, 0.1) is 0 Å². The number of likely N-dealkylation sites (tertiary alicyclic amines) is 1. The van der Waals surface area contributed by atoms with Gasteiger partial charge in [-0.25, -0.2) is 4.79 Å². The van der Waals surface area contributed by atoms with E-state index in [0.29, 0.717) is 25.0 Å². The summed E-state index contributed by atoms with van der Waals surface area (Å²) in [4.78, 5) is 31.5. The molecule has 2 amide bonds. The summed E-state index contributed by atoms with van der Waals surface area (Å²) in [6, 6.07) is 6.85. The molecule has 0 saturated carbocycles. The van der Waals surface area contributed by atoms with Gasteiger partial charge in [0.05, 0.1) is 6.54 Å². The third-order valence-corrected chi connectivity index (χ3v) is 7.09. The minimum atomic E-state index is -0.380. The van der Waals surface area contributed by atoms with Gasteiger partial charge in [0.2, 0.25) is 5.91 Å². The molecule has 0 unspecified atom stereocenters. The van der Waals surface area contributed by atoms with Crippen molar-refractivity contribution in [2.24, 2.45) is 0 Å². The molecular weight excluding hydrogens is 438 g/mol. The van der Waals surface area contributed by atoms with Crippen molar-refractivity contribution in [2.45, 2.75) is 65.7 Å². The molecule has 2 aromatic rings. The Kier molecular flexibility index (Phi) is 7.68. The lowest BCUT2D eigenvalue weighted by atomic mass is 9.87. The van der Waals surface area contributed by atoms with Crippen LogP contribution in [0.15, 0.2) is 35.9 Å². The molecular formula is C29H39N3O3. The van der Waals surface area contributed by atoms with Crippen molar-refractivity contribution in [1.82, 2.24) is 14.8 Å². The van der Waals surface area contributed by atoms with Gasteiger partial charge in [0.15, 0.2) is 0 Å². The van der Waals surface area contributed by atoms with Crippen LogP contribution in [0.5, 0.6) is 0 Å². The molecule has 0 spiro atoms. The van der Waals surface area contributed by atoms with E-state index in [0.717, 1.165) is 32.4 Å². The molecule has 0 atom stereocenters. The van der Waals surface area contributed by atoms with Gasteiger partial charge in [-0.2, -0.15) is 0 Å². The molecule has 3 heterocycles. The van der Waals surface area contributed by atoms with Crippen LogP contribution in [0.3, 0.4) is 0 Å². The number of benzene rings is 1. The highest BCUT2D eigenvalue weighted by Crippen LogP contribution is 2.37. The van der Waals surface area contributed by atoms with E-state index in [1.165, 1.54) is 43.8 Å². The van der Waals surface area contributed by atoms with Gasteiger partial charge in [-0.15, -0.1) is 0 Å². The first kappa shape index (κ1) is 25.1. The Balaban J connectivity index is 1.53. The standard InChI is InChI=1S/C29H39N3O3/c1-6-7-23(16-19(2)3)28-27(20(4)5)24-17-22(8-9-25(24)30-28)21-10-12-31(13-11-21)26(33)18-32-14-15-35-29(32)34/h7-9,16-17,20-21,30H,6,10-15,18H2,1-5H3/b23-7+. The first-order chi connectivity index (χ1) is 16.8. The number of carbonyl (C=O) groups excluding carboxylic acids is 2. The van der Waals surface area contributed by atoms with E-state index in [9.17, 15) is 9.59 Å². The molecule has 35 heavy (non-hydrogen) atoms. The number of aromatic nitrogens is 1. The van der Waals surface area contributed by atoms with Crippen molar-refractivity contribution in [3.05, 3.63) is 52.7 Å². The summed E-state index contributed by atoms with van der Waals surface area (Å²) in [7, 11) is 0. The Morgan fingerprint density at radius 1 is 1.20 bits per heavy atom. The molecule has 1 N–H and O–H groups in total. The molecule has 4 rings (SSSR count). The first-order valence-corrected chi connectivity index (χ1v) is 13.0. The third-order valence-electron chi connectivity index (χ3n) is 7.09. The van der Waals surface area contributed by atoms with Gasteiger partial charge in [-0.05, 0) is 73.8 Å². The van der Waals surface area contributed by atoms with Gasteiger partial charge in [0.1, 0.15) is 13.2 Å². The van der Waals surface area contributed by atoms with Crippen molar-refractivity contribution in [1.29, 1.82) is 0 Å². The third kappa shape index (κ3) is 5.47. The maximum absolute atomic E-state index is 12.7. The predicted molar refractivity (Wildman–Crippen MR) is 142 cm³/mol. The lowest BCUT2D eigenvalue weighted by Crippen LogP contribution is -2.44. The molecule has 0 radical (unpaired) electrons. The molecule has 188 valence electrons. The molecule has 6 nitrogen and oxygen atoms in total. The van der Waals surface area contributed by atoms with E-state index in [-0.39, 0.29) is 18.5 Å². The average Bonchev–Trinajstić information content (AvgIpc) is 3.41. The second-order valence-electron chi connectivity index (χ2n) is 10.4. The number of ether oxygens (including phenoxy) is 1. The zero-order chi connectivity index (χ0) is 25.1. The van der Waals surface area contributed by atoms with E-state index < -0.39 is 0 Å². The summed E-state index contributed by atoms with van der Waals surface area (Å²) < 4.78 is 4.95. The number of nitrogens with one attached hydrogen (secondary N) is 1. The molecule has 6 heteroatoms. The van der Waals surface area contributed by atoms with Crippen molar-refractivity contribution >= 4 is 28.5 Å². The fourth-order valence-corrected chi connectivity index (χ4v) is 5.37. The van der Waals surface area contributed by atoms with Crippen LogP contribution in [-0.2, 0) is 9.53 Å². The number of cyclic esters (lactones) is 1. The average molecular weight is 478 g/mol. The topological polar surface area (TPSA) is 65.6 Å². The summed E-state index contributed by atoms with van der Waals surface area (Å²) in [6.45, 7) is 13.5. The Labute approximate surface area is 209 Å². The number of aromatic amines is 1. The van der Waals surface area contributed by atoms with Gasteiger partial charge in [-0.3, -0.25) is 9.69 Å². The van der Waals surface area contributed by atoms with Crippen molar-refractivity contribution < 1.29 is 14.3 Å². The number of hydrogen-bond acceptors (Lipinski definition) is 3. The summed E-state index contributed by atoms with van der Waals surface area (Å²) >= 11 is 0. The highest BCUT2D eigenvalue weighted by atomic mass is 16.6. The quantitative estimate of drug-likeness (QED) is 0.482. The largest absolute Gasteiger partial charge is 0.448 e. The summed E-state index contributed by atoms with van der Waals surface area (Å²) in [5.41, 5.74) is 7.70. The highest BCUT2D eigenvalue weighted by Gasteiger charge is 2.29. The van der Waals surface area contributed by atoms with Crippen LogP contribution in [0.4, 0.5) is 4.79 Å². The fraction of sp³-hybridized carbons (Fsp3) is 0.517. The zero-order valence-corrected chi connectivity index (χ0v) is 21.8. The number of hydrogen-bond donors (Lipinski definition) is 1. The van der Waals surface area contributed by atoms with E-state index in [2.05, 4.69) is 70.0 Å². The number of H-pyrrole nitrogens is 1. The molecule has 2 aliphatic heterocycles.